The van der Waals surface area contributed by atoms with Gasteiger partial charge in [0.15, 0.2) is 0 Å². The predicted octanol–water partition coefficient (Wildman–Crippen LogP) is 4.80. The van der Waals surface area contributed by atoms with Crippen molar-refractivity contribution in [2.75, 3.05) is 6.54 Å². The van der Waals surface area contributed by atoms with Crippen molar-refractivity contribution in [1.82, 2.24) is 5.32 Å². The molecule has 0 heterocycles. The van der Waals surface area contributed by atoms with Gasteiger partial charge in [0.05, 0.1) is 0 Å². The van der Waals surface area contributed by atoms with Crippen LogP contribution in [0.2, 0.25) is 5.02 Å². The molecule has 0 fully saturated rings. The van der Waals surface area contributed by atoms with Gasteiger partial charge in [0.2, 0.25) is 0 Å². The lowest BCUT2D eigenvalue weighted by atomic mass is 9.98. The molecule has 0 radical (unpaired) electrons. The third-order valence-corrected chi connectivity index (χ3v) is 4.19. The number of halogens is 1. The fraction of sp³-hybridized carbons (Fsp3) is 0.368. The van der Waals surface area contributed by atoms with E-state index < -0.39 is 0 Å². The summed E-state index contributed by atoms with van der Waals surface area (Å²) in [7, 11) is 0. The van der Waals surface area contributed by atoms with E-state index in [1.807, 2.05) is 12.1 Å². The van der Waals surface area contributed by atoms with Gasteiger partial charge in [0.25, 0.3) is 0 Å². The van der Waals surface area contributed by atoms with Crippen LogP contribution in [0.5, 0.6) is 0 Å². The minimum absolute atomic E-state index is 0.469. The molecule has 0 saturated carbocycles. The smallest absolute Gasteiger partial charge is 0.0438 e. The van der Waals surface area contributed by atoms with Crippen LogP contribution in [0.3, 0.4) is 0 Å². The fourth-order valence-electron chi connectivity index (χ4n) is 2.59. The normalized spacial score (nSPS) is 12.3. The molecule has 0 aliphatic carbocycles. The van der Waals surface area contributed by atoms with Crippen LogP contribution in [0.15, 0.2) is 48.5 Å². The number of rotatable bonds is 7. The van der Waals surface area contributed by atoms with Gasteiger partial charge in [-0.1, -0.05) is 66.6 Å². The third-order valence-electron chi connectivity index (χ3n) is 3.82. The van der Waals surface area contributed by atoms with Gasteiger partial charge >= 0.3 is 0 Å². The van der Waals surface area contributed by atoms with Crippen molar-refractivity contribution in [1.29, 1.82) is 0 Å². The Morgan fingerprint density at radius 3 is 2.43 bits per heavy atom. The Balaban J connectivity index is 1.95. The lowest BCUT2D eigenvalue weighted by Crippen LogP contribution is -2.31. The van der Waals surface area contributed by atoms with Gasteiger partial charge in [-0.3, -0.25) is 0 Å². The van der Waals surface area contributed by atoms with Gasteiger partial charge in [0, 0.05) is 11.1 Å². The van der Waals surface area contributed by atoms with Crippen LogP contribution in [-0.2, 0) is 12.8 Å². The van der Waals surface area contributed by atoms with Gasteiger partial charge in [-0.15, -0.1) is 0 Å². The Morgan fingerprint density at radius 2 is 1.76 bits per heavy atom. The molecule has 1 N–H and O–H groups in total. The SMILES string of the molecule is CCNC(CCc1ccc(C)cc1)Cc1ccccc1Cl. The van der Waals surface area contributed by atoms with Crippen LogP contribution >= 0.6 is 11.6 Å². The molecule has 112 valence electrons. The quantitative estimate of drug-likeness (QED) is 0.774. The summed E-state index contributed by atoms with van der Waals surface area (Å²) >= 11 is 6.28. The van der Waals surface area contributed by atoms with Crippen molar-refractivity contribution in [3.05, 3.63) is 70.2 Å². The maximum Gasteiger partial charge on any atom is 0.0438 e. The number of benzene rings is 2. The highest BCUT2D eigenvalue weighted by molar-refractivity contribution is 6.31. The highest BCUT2D eigenvalue weighted by atomic mass is 35.5. The second-order valence-corrected chi connectivity index (χ2v) is 5.98. The minimum Gasteiger partial charge on any atom is -0.314 e. The Bertz CT molecular complexity index is 548. The van der Waals surface area contributed by atoms with E-state index in [-0.39, 0.29) is 0 Å². The Labute approximate surface area is 133 Å². The summed E-state index contributed by atoms with van der Waals surface area (Å²) in [6, 6.07) is 17.4. The zero-order valence-corrected chi connectivity index (χ0v) is 13.7. The Morgan fingerprint density at radius 1 is 1.05 bits per heavy atom. The van der Waals surface area contributed by atoms with Crippen molar-refractivity contribution < 1.29 is 0 Å². The monoisotopic (exact) mass is 301 g/mol. The summed E-state index contributed by atoms with van der Waals surface area (Å²) in [5.74, 6) is 0. The molecule has 0 aromatic heterocycles. The molecule has 0 aliphatic heterocycles. The van der Waals surface area contributed by atoms with Crippen LogP contribution in [-0.4, -0.2) is 12.6 Å². The molecule has 0 saturated heterocycles. The van der Waals surface area contributed by atoms with Gasteiger partial charge in [0.1, 0.15) is 0 Å². The number of likely N-dealkylation sites (N-methyl/N-ethyl adjacent to an activating group) is 1. The third kappa shape index (κ3) is 5.18. The van der Waals surface area contributed by atoms with Crippen LogP contribution in [0.1, 0.15) is 30.0 Å². The van der Waals surface area contributed by atoms with Crippen LogP contribution in [0.4, 0.5) is 0 Å². The molecule has 2 heteroatoms. The van der Waals surface area contributed by atoms with E-state index in [2.05, 4.69) is 55.6 Å². The second-order valence-electron chi connectivity index (χ2n) is 5.57. The highest BCUT2D eigenvalue weighted by Crippen LogP contribution is 2.18. The average Bonchev–Trinajstić information content (AvgIpc) is 2.49. The van der Waals surface area contributed by atoms with E-state index in [0.717, 1.165) is 30.8 Å². The molecule has 2 aromatic rings. The van der Waals surface area contributed by atoms with Crippen molar-refractivity contribution in [2.24, 2.45) is 0 Å². The molecular formula is C19H24ClN. The first-order valence-electron chi connectivity index (χ1n) is 7.71. The van der Waals surface area contributed by atoms with Crippen molar-refractivity contribution in [2.45, 2.75) is 39.2 Å². The van der Waals surface area contributed by atoms with E-state index in [9.17, 15) is 0 Å². The highest BCUT2D eigenvalue weighted by Gasteiger charge is 2.10. The zero-order valence-electron chi connectivity index (χ0n) is 12.9. The maximum atomic E-state index is 6.28. The van der Waals surface area contributed by atoms with Crippen molar-refractivity contribution >= 4 is 11.6 Å². The molecule has 1 unspecified atom stereocenters. The zero-order chi connectivity index (χ0) is 15.1. The maximum absolute atomic E-state index is 6.28. The molecule has 0 bridgehead atoms. The molecule has 1 nitrogen and oxygen atoms in total. The van der Waals surface area contributed by atoms with Crippen molar-refractivity contribution in [3.8, 4) is 0 Å². The summed E-state index contributed by atoms with van der Waals surface area (Å²) in [5.41, 5.74) is 3.95. The molecule has 0 aliphatic rings. The fourth-order valence-corrected chi connectivity index (χ4v) is 2.80. The van der Waals surface area contributed by atoms with E-state index >= 15 is 0 Å². The Kier molecular flexibility index (Phi) is 6.28. The summed E-state index contributed by atoms with van der Waals surface area (Å²) in [4.78, 5) is 0. The standard InChI is InChI=1S/C19H24ClN/c1-3-21-18(14-17-6-4-5-7-19(17)20)13-12-16-10-8-15(2)9-11-16/h4-11,18,21H,3,12-14H2,1-2H3. The molecule has 2 aromatic carbocycles. The lowest BCUT2D eigenvalue weighted by molar-refractivity contribution is 0.491. The number of nitrogens with one attached hydrogen (secondary N) is 1. The molecule has 1 atom stereocenters. The van der Waals surface area contributed by atoms with E-state index in [1.54, 1.807) is 0 Å². The molecule has 21 heavy (non-hydrogen) atoms. The van der Waals surface area contributed by atoms with Crippen molar-refractivity contribution in [3.63, 3.8) is 0 Å². The number of aryl methyl sites for hydroxylation is 2. The first kappa shape index (κ1) is 16.1. The summed E-state index contributed by atoms with van der Waals surface area (Å²) in [6.07, 6.45) is 3.21. The molecule has 0 amide bonds. The summed E-state index contributed by atoms with van der Waals surface area (Å²) in [5, 5.41) is 4.45. The first-order valence-corrected chi connectivity index (χ1v) is 8.09. The van der Waals surface area contributed by atoms with Gasteiger partial charge in [-0.25, -0.2) is 0 Å². The summed E-state index contributed by atoms with van der Waals surface area (Å²) < 4.78 is 0. The largest absolute Gasteiger partial charge is 0.314 e. The molecule has 2 rings (SSSR count). The minimum atomic E-state index is 0.469. The predicted molar refractivity (Wildman–Crippen MR) is 92.1 cm³/mol. The number of hydrogen-bond acceptors (Lipinski definition) is 1. The van der Waals surface area contributed by atoms with E-state index in [0.29, 0.717) is 6.04 Å². The van der Waals surface area contributed by atoms with Gasteiger partial charge in [-0.05, 0) is 49.9 Å². The summed E-state index contributed by atoms with van der Waals surface area (Å²) in [6.45, 7) is 5.27. The Hall–Kier alpha value is -1.31. The lowest BCUT2D eigenvalue weighted by Gasteiger charge is -2.18. The molecular weight excluding hydrogens is 278 g/mol. The van der Waals surface area contributed by atoms with Crippen LogP contribution in [0, 0.1) is 6.92 Å². The number of hydrogen-bond donors (Lipinski definition) is 1. The van der Waals surface area contributed by atoms with Gasteiger partial charge < -0.3 is 5.32 Å². The topological polar surface area (TPSA) is 12.0 Å². The van der Waals surface area contributed by atoms with E-state index in [1.165, 1.54) is 16.7 Å². The second kappa shape index (κ2) is 8.21. The first-order chi connectivity index (χ1) is 10.2. The van der Waals surface area contributed by atoms with Crippen LogP contribution in [0.25, 0.3) is 0 Å². The molecule has 0 spiro atoms. The van der Waals surface area contributed by atoms with Crippen LogP contribution < -0.4 is 5.32 Å². The average molecular weight is 302 g/mol. The van der Waals surface area contributed by atoms with Gasteiger partial charge in [-0.2, -0.15) is 0 Å². The van der Waals surface area contributed by atoms with E-state index in [4.69, 9.17) is 11.6 Å².